The molecule has 1 aliphatic heterocycles. The summed E-state index contributed by atoms with van der Waals surface area (Å²) < 4.78 is 4.85. The fraction of sp³-hybridized carbons (Fsp3) is 0.385. The van der Waals surface area contributed by atoms with Crippen LogP contribution in [0, 0.1) is 5.92 Å². The molecule has 0 aliphatic carbocycles. The second kappa shape index (κ2) is 5.48. The molecule has 4 nitrogen and oxygen atoms in total. The van der Waals surface area contributed by atoms with Gasteiger partial charge in [0, 0.05) is 12.1 Å². The second-order valence-electron chi connectivity index (χ2n) is 4.11. The highest BCUT2D eigenvalue weighted by atomic mass is 16.5. The molecule has 0 aromatic heterocycles. The zero-order chi connectivity index (χ0) is 12.1. The lowest BCUT2D eigenvalue weighted by atomic mass is 10.0. The Morgan fingerprint density at radius 3 is 2.76 bits per heavy atom. The van der Waals surface area contributed by atoms with E-state index in [1.54, 1.807) is 0 Å². The van der Waals surface area contributed by atoms with Gasteiger partial charge in [-0.2, -0.15) is 0 Å². The first kappa shape index (κ1) is 11.6. The summed E-state index contributed by atoms with van der Waals surface area (Å²) >= 11 is 0. The molecule has 1 heterocycles. The van der Waals surface area contributed by atoms with Crippen LogP contribution < -0.4 is 5.32 Å². The van der Waals surface area contributed by atoms with Gasteiger partial charge in [-0.05, 0) is 25.0 Å². The predicted molar refractivity (Wildman–Crippen MR) is 63.4 cm³/mol. The Morgan fingerprint density at radius 2 is 2.12 bits per heavy atom. The van der Waals surface area contributed by atoms with Gasteiger partial charge in [0.15, 0.2) is 0 Å². The van der Waals surface area contributed by atoms with Gasteiger partial charge in [0.2, 0.25) is 5.91 Å². The molecule has 1 fully saturated rings. The largest absolute Gasteiger partial charge is 0.465 e. The lowest BCUT2D eigenvalue weighted by Crippen LogP contribution is -2.15. The van der Waals surface area contributed by atoms with Gasteiger partial charge < -0.3 is 10.1 Å². The average Bonchev–Trinajstić information content (AvgIpc) is 2.74. The number of carbonyl (C=O) groups is 2. The number of hydrogen-bond acceptors (Lipinski definition) is 3. The number of esters is 1. The quantitative estimate of drug-likeness (QED) is 0.809. The topological polar surface area (TPSA) is 55.4 Å². The third kappa shape index (κ3) is 3.31. The summed E-state index contributed by atoms with van der Waals surface area (Å²) in [7, 11) is 0. The third-order valence-corrected chi connectivity index (χ3v) is 2.82. The van der Waals surface area contributed by atoms with Crippen LogP contribution in [-0.2, 0) is 14.3 Å². The number of anilines is 1. The fourth-order valence-electron chi connectivity index (χ4n) is 1.85. The first-order chi connectivity index (χ1) is 8.25. The molecule has 0 unspecified atom stereocenters. The van der Waals surface area contributed by atoms with E-state index in [9.17, 15) is 9.59 Å². The van der Waals surface area contributed by atoms with E-state index < -0.39 is 0 Å². The van der Waals surface area contributed by atoms with Crippen molar-refractivity contribution < 1.29 is 14.3 Å². The van der Waals surface area contributed by atoms with Crippen LogP contribution in [0.2, 0.25) is 0 Å². The van der Waals surface area contributed by atoms with Crippen molar-refractivity contribution in [2.24, 2.45) is 5.92 Å². The van der Waals surface area contributed by atoms with E-state index in [4.69, 9.17) is 4.74 Å². The molecule has 4 heteroatoms. The SMILES string of the molecule is O=C(CC[C@@H]1CCOC1=O)Nc1ccccc1. The van der Waals surface area contributed by atoms with E-state index >= 15 is 0 Å². The minimum Gasteiger partial charge on any atom is -0.465 e. The van der Waals surface area contributed by atoms with Crippen LogP contribution in [0.5, 0.6) is 0 Å². The van der Waals surface area contributed by atoms with Crippen LogP contribution >= 0.6 is 0 Å². The normalized spacial score (nSPS) is 18.8. The lowest BCUT2D eigenvalue weighted by Gasteiger charge is -2.06. The summed E-state index contributed by atoms with van der Waals surface area (Å²) in [6, 6.07) is 9.29. The molecule has 0 bridgehead atoms. The predicted octanol–water partition coefficient (Wildman–Crippen LogP) is 1.97. The van der Waals surface area contributed by atoms with Crippen molar-refractivity contribution in [3.05, 3.63) is 30.3 Å². The Balaban J connectivity index is 1.76. The number of cyclic esters (lactones) is 1. The third-order valence-electron chi connectivity index (χ3n) is 2.82. The van der Waals surface area contributed by atoms with Crippen LogP contribution in [0.1, 0.15) is 19.3 Å². The number of para-hydroxylation sites is 1. The smallest absolute Gasteiger partial charge is 0.309 e. The zero-order valence-corrected chi connectivity index (χ0v) is 9.52. The number of amides is 1. The van der Waals surface area contributed by atoms with Gasteiger partial charge in [0.1, 0.15) is 0 Å². The monoisotopic (exact) mass is 233 g/mol. The molecule has 1 aliphatic rings. The standard InChI is InChI=1S/C13H15NO3/c15-12(14-11-4-2-1-3-5-11)7-6-10-8-9-17-13(10)16/h1-5,10H,6-9H2,(H,14,15)/t10-/m1/s1. The molecule has 1 atom stereocenters. The molecule has 1 aromatic carbocycles. The maximum absolute atomic E-state index is 11.6. The van der Waals surface area contributed by atoms with Crippen LogP contribution in [-0.4, -0.2) is 18.5 Å². The zero-order valence-electron chi connectivity index (χ0n) is 9.52. The van der Waals surface area contributed by atoms with Crippen molar-refractivity contribution in [2.45, 2.75) is 19.3 Å². The Morgan fingerprint density at radius 1 is 1.35 bits per heavy atom. The molecule has 17 heavy (non-hydrogen) atoms. The Labute approximate surface area is 100.0 Å². The van der Waals surface area contributed by atoms with E-state index in [2.05, 4.69) is 5.32 Å². The molecule has 1 amide bonds. The first-order valence-corrected chi connectivity index (χ1v) is 5.77. The van der Waals surface area contributed by atoms with Gasteiger partial charge in [-0.15, -0.1) is 0 Å². The molecule has 0 radical (unpaired) electrons. The molecular formula is C13H15NO3. The first-order valence-electron chi connectivity index (χ1n) is 5.77. The fourth-order valence-corrected chi connectivity index (χ4v) is 1.85. The highest BCUT2D eigenvalue weighted by Gasteiger charge is 2.26. The highest BCUT2D eigenvalue weighted by Crippen LogP contribution is 2.20. The molecule has 2 rings (SSSR count). The van der Waals surface area contributed by atoms with Crippen molar-refractivity contribution in [2.75, 3.05) is 11.9 Å². The number of ether oxygens (including phenoxy) is 1. The maximum Gasteiger partial charge on any atom is 0.309 e. The van der Waals surface area contributed by atoms with E-state index in [0.717, 1.165) is 12.1 Å². The van der Waals surface area contributed by atoms with Crippen molar-refractivity contribution in [3.8, 4) is 0 Å². The number of carbonyl (C=O) groups excluding carboxylic acids is 2. The van der Waals surface area contributed by atoms with Crippen LogP contribution in [0.4, 0.5) is 5.69 Å². The lowest BCUT2D eigenvalue weighted by molar-refractivity contribution is -0.141. The average molecular weight is 233 g/mol. The summed E-state index contributed by atoms with van der Waals surface area (Å²) in [5, 5.41) is 2.79. The van der Waals surface area contributed by atoms with E-state index in [0.29, 0.717) is 19.4 Å². The van der Waals surface area contributed by atoms with Gasteiger partial charge in [-0.25, -0.2) is 0 Å². The molecule has 0 spiro atoms. The number of benzene rings is 1. The van der Waals surface area contributed by atoms with Gasteiger partial charge in [0.05, 0.1) is 12.5 Å². The van der Waals surface area contributed by atoms with Crippen molar-refractivity contribution in [3.63, 3.8) is 0 Å². The Kier molecular flexibility index (Phi) is 3.75. The van der Waals surface area contributed by atoms with Gasteiger partial charge in [0.25, 0.3) is 0 Å². The Hall–Kier alpha value is -1.84. The summed E-state index contributed by atoms with van der Waals surface area (Å²) in [5.41, 5.74) is 0.784. The van der Waals surface area contributed by atoms with Gasteiger partial charge in [-0.1, -0.05) is 18.2 Å². The van der Waals surface area contributed by atoms with Gasteiger partial charge in [-0.3, -0.25) is 9.59 Å². The van der Waals surface area contributed by atoms with Crippen molar-refractivity contribution in [1.82, 2.24) is 0 Å². The maximum atomic E-state index is 11.6. The van der Waals surface area contributed by atoms with E-state index in [1.165, 1.54) is 0 Å². The summed E-state index contributed by atoms with van der Waals surface area (Å²) in [6.07, 6.45) is 1.66. The summed E-state index contributed by atoms with van der Waals surface area (Å²) in [5.74, 6) is -0.329. The van der Waals surface area contributed by atoms with Crippen LogP contribution in [0.25, 0.3) is 0 Å². The van der Waals surface area contributed by atoms with E-state index in [-0.39, 0.29) is 17.8 Å². The minimum absolute atomic E-state index is 0.0594. The molecule has 90 valence electrons. The highest BCUT2D eigenvalue weighted by molar-refractivity contribution is 5.91. The molecule has 0 saturated carbocycles. The molecule has 1 saturated heterocycles. The number of hydrogen-bond donors (Lipinski definition) is 1. The summed E-state index contributed by atoms with van der Waals surface area (Å²) in [4.78, 5) is 22.8. The van der Waals surface area contributed by atoms with Crippen LogP contribution in [0.3, 0.4) is 0 Å². The number of nitrogens with one attached hydrogen (secondary N) is 1. The number of rotatable bonds is 4. The Bertz CT molecular complexity index is 402. The van der Waals surface area contributed by atoms with E-state index in [1.807, 2.05) is 30.3 Å². The molecule has 1 aromatic rings. The minimum atomic E-state index is -0.169. The van der Waals surface area contributed by atoms with Crippen molar-refractivity contribution in [1.29, 1.82) is 0 Å². The van der Waals surface area contributed by atoms with Crippen LogP contribution in [0.15, 0.2) is 30.3 Å². The van der Waals surface area contributed by atoms with Crippen molar-refractivity contribution >= 4 is 17.6 Å². The van der Waals surface area contributed by atoms with Gasteiger partial charge >= 0.3 is 5.97 Å². The summed E-state index contributed by atoms with van der Waals surface area (Å²) in [6.45, 7) is 0.490. The second-order valence-corrected chi connectivity index (χ2v) is 4.11. The molecule has 1 N–H and O–H groups in total. The molecular weight excluding hydrogens is 218 g/mol.